The van der Waals surface area contributed by atoms with Gasteiger partial charge in [-0.05, 0) is 32.0 Å². The Morgan fingerprint density at radius 1 is 1.30 bits per heavy atom. The van der Waals surface area contributed by atoms with Crippen LogP contribution in [0.3, 0.4) is 0 Å². The van der Waals surface area contributed by atoms with E-state index in [-0.39, 0.29) is 18.2 Å². The van der Waals surface area contributed by atoms with Gasteiger partial charge in [-0.1, -0.05) is 20.8 Å². The van der Waals surface area contributed by atoms with Gasteiger partial charge in [-0.25, -0.2) is 4.79 Å². The molecule has 1 aromatic rings. The Morgan fingerprint density at radius 2 is 1.97 bits per heavy atom. The highest BCUT2D eigenvalue weighted by Crippen LogP contribution is 2.57. The van der Waals surface area contributed by atoms with Crippen LogP contribution in [0.5, 0.6) is 0 Å². The monoisotopic (exact) mass is 503 g/mol. The van der Waals surface area contributed by atoms with E-state index in [1.54, 1.807) is 13.8 Å². The molecule has 0 saturated carbocycles. The smallest absolute Gasteiger partial charge is 0.330 e. The van der Waals surface area contributed by atoms with Gasteiger partial charge < -0.3 is 13.9 Å². The molecule has 0 radical (unpaired) electrons. The van der Waals surface area contributed by atoms with E-state index in [9.17, 15) is 18.0 Å². The minimum Gasteiger partial charge on any atom is -0.406 e. The molecule has 0 aromatic carbocycles. The van der Waals surface area contributed by atoms with E-state index in [4.69, 9.17) is 18.1 Å². The minimum atomic E-state index is -3.98. The number of hydrogen-bond acceptors (Lipinski definition) is 9. The van der Waals surface area contributed by atoms with Crippen molar-refractivity contribution in [1.29, 1.82) is 0 Å². The summed E-state index contributed by atoms with van der Waals surface area (Å²) in [5.74, 6) is -0.405. The second-order valence-corrected chi connectivity index (χ2v) is 16.8. The van der Waals surface area contributed by atoms with Crippen molar-refractivity contribution in [3.05, 3.63) is 32.6 Å². The first kappa shape index (κ1) is 24.8. The summed E-state index contributed by atoms with van der Waals surface area (Å²) in [7, 11) is -6.52. The van der Waals surface area contributed by atoms with Crippen molar-refractivity contribution >= 4 is 18.4 Å². The second kappa shape index (κ2) is 7.57. The van der Waals surface area contributed by atoms with Crippen LogP contribution in [0.4, 0.5) is 0 Å². The van der Waals surface area contributed by atoms with E-state index in [1.165, 1.54) is 10.8 Å². The molecule has 33 heavy (non-hydrogen) atoms. The van der Waals surface area contributed by atoms with Crippen molar-refractivity contribution in [1.82, 2.24) is 14.9 Å². The highest BCUT2D eigenvalue weighted by Gasteiger charge is 2.80. The molecule has 2 N–H and O–H groups in total. The van der Waals surface area contributed by atoms with Crippen LogP contribution in [0, 0.1) is 6.92 Å². The average molecular weight is 504 g/mol. The van der Waals surface area contributed by atoms with Crippen LogP contribution in [0.15, 0.2) is 15.8 Å². The molecule has 3 fully saturated rings. The first-order valence-electron chi connectivity index (χ1n) is 11.1. The molecule has 11 nitrogen and oxygen atoms in total. The van der Waals surface area contributed by atoms with Crippen LogP contribution in [0.25, 0.3) is 0 Å². The lowest BCUT2D eigenvalue weighted by atomic mass is 9.85. The lowest BCUT2D eigenvalue weighted by Gasteiger charge is -2.45. The van der Waals surface area contributed by atoms with E-state index < -0.39 is 65.2 Å². The Labute approximate surface area is 194 Å². The Bertz CT molecular complexity index is 1170. The summed E-state index contributed by atoms with van der Waals surface area (Å²) >= 11 is 0. The molecule has 0 bridgehead atoms. The van der Waals surface area contributed by atoms with E-state index >= 15 is 0 Å². The normalized spacial score (nSPS) is 35.5. The standard InChI is InChI=1S/C20H33N3O8SSi/c1-8-28-19-11-32(26,27)31-20(19)13(9-21-19)29-16(14(20)30-33(6,7)18(3,4)5)23-10-12(2)15(24)22-17(23)25/h10,13-14,16,21H,8-9,11H2,1-7H3,(H,22,24,25)/t13?,14-,16+,19+,20+/m0/s1. The molecule has 5 atom stereocenters. The topological polar surface area (TPSA) is 138 Å². The summed E-state index contributed by atoms with van der Waals surface area (Å²) in [5.41, 5.74) is -3.79. The molecule has 0 amide bonds. The van der Waals surface area contributed by atoms with Crippen molar-refractivity contribution in [2.45, 2.75) is 82.5 Å². The van der Waals surface area contributed by atoms with Crippen molar-refractivity contribution in [3.8, 4) is 0 Å². The fraction of sp³-hybridized carbons (Fsp3) is 0.800. The predicted octanol–water partition coefficient (Wildman–Crippen LogP) is 0.568. The summed E-state index contributed by atoms with van der Waals surface area (Å²) in [5, 5.41) is 2.96. The largest absolute Gasteiger partial charge is 0.406 e. The molecule has 13 heteroatoms. The quantitative estimate of drug-likeness (QED) is 0.436. The van der Waals surface area contributed by atoms with Gasteiger partial charge in [-0.3, -0.25) is 23.8 Å². The Morgan fingerprint density at radius 3 is 2.58 bits per heavy atom. The van der Waals surface area contributed by atoms with Gasteiger partial charge in [-0.15, -0.1) is 0 Å². The molecule has 1 aromatic heterocycles. The Kier molecular flexibility index (Phi) is 5.68. The zero-order valence-electron chi connectivity index (χ0n) is 20.1. The molecule has 3 aliphatic rings. The zero-order chi connectivity index (χ0) is 24.6. The molecule has 0 aliphatic carbocycles. The molecule has 186 valence electrons. The van der Waals surface area contributed by atoms with Crippen LogP contribution >= 0.6 is 0 Å². The maximum Gasteiger partial charge on any atom is 0.330 e. The van der Waals surface area contributed by atoms with Crippen molar-refractivity contribution < 1.29 is 26.5 Å². The van der Waals surface area contributed by atoms with Crippen molar-refractivity contribution in [2.24, 2.45) is 0 Å². The maximum absolute atomic E-state index is 12.8. The highest BCUT2D eigenvalue weighted by atomic mass is 32.2. The van der Waals surface area contributed by atoms with Crippen LogP contribution in [-0.2, 0) is 28.2 Å². The SMILES string of the molecule is CCO[C@]12CS(=O)(=O)O[C@@]13C(CN2)O[C@@H](n1cc(C)c(=O)[nH]c1=O)[C@@H]3O[Si](C)(C)C(C)(C)C. The molecule has 3 aliphatic heterocycles. The number of hydrogen-bond donors (Lipinski definition) is 2. The summed E-state index contributed by atoms with van der Waals surface area (Å²) < 4.78 is 51.8. The Hall–Kier alpha value is -1.35. The number of H-pyrrole nitrogens is 1. The van der Waals surface area contributed by atoms with E-state index in [0.29, 0.717) is 5.56 Å². The van der Waals surface area contributed by atoms with Gasteiger partial charge >= 0.3 is 5.69 Å². The molecule has 4 heterocycles. The average Bonchev–Trinajstić information content (AvgIpc) is 3.18. The summed E-state index contributed by atoms with van der Waals surface area (Å²) in [6, 6.07) is 0. The van der Waals surface area contributed by atoms with Gasteiger partial charge in [0.2, 0.25) is 0 Å². The third-order valence-corrected chi connectivity index (χ3v) is 13.1. The minimum absolute atomic E-state index is 0.226. The first-order chi connectivity index (χ1) is 15.1. The van der Waals surface area contributed by atoms with Crippen LogP contribution in [0.1, 0.15) is 39.5 Å². The molecular weight excluding hydrogens is 470 g/mol. The van der Waals surface area contributed by atoms with Crippen LogP contribution < -0.4 is 16.6 Å². The molecule has 3 saturated heterocycles. The lowest BCUT2D eigenvalue weighted by molar-refractivity contribution is -0.166. The van der Waals surface area contributed by atoms with Crippen molar-refractivity contribution in [3.63, 3.8) is 0 Å². The van der Waals surface area contributed by atoms with Gasteiger partial charge in [-0.2, -0.15) is 8.42 Å². The predicted molar refractivity (Wildman–Crippen MR) is 122 cm³/mol. The summed E-state index contributed by atoms with van der Waals surface area (Å²) in [6.45, 7) is 14.1. The number of nitrogens with one attached hydrogen (secondary N) is 2. The maximum atomic E-state index is 12.8. The number of rotatable bonds is 5. The number of ether oxygens (including phenoxy) is 2. The molecule has 1 spiro atoms. The molecular formula is C20H33N3O8SSi. The first-order valence-corrected chi connectivity index (χ1v) is 15.6. The van der Waals surface area contributed by atoms with Gasteiger partial charge in [0.05, 0.1) is 0 Å². The second-order valence-electron chi connectivity index (χ2n) is 10.5. The van der Waals surface area contributed by atoms with Gasteiger partial charge in [0, 0.05) is 24.9 Å². The highest BCUT2D eigenvalue weighted by molar-refractivity contribution is 7.87. The van der Waals surface area contributed by atoms with Gasteiger partial charge in [0.15, 0.2) is 25.9 Å². The van der Waals surface area contributed by atoms with Crippen molar-refractivity contribution in [2.75, 3.05) is 18.9 Å². The molecule has 4 rings (SSSR count). The number of aryl methyl sites for hydroxylation is 1. The lowest BCUT2D eigenvalue weighted by Crippen LogP contribution is -2.66. The fourth-order valence-electron chi connectivity index (χ4n) is 4.72. The van der Waals surface area contributed by atoms with E-state index in [2.05, 4.69) is 31.1 Å². The van der Waals surface area contributed by atoms with Gasteiger partial charge in [0.25, 0.3) is 15.7 Å². The third kappa shape index (κ3) is 3.59. The fourth-order valence-corrected chi connectivity index (χ4v) is 7.72. The molecule has 1 unspecified atom stereocenters. The number of aromatic amines is 1. The van der Waals surface area contributed by atoms with Gasteiger partial charge in [0.1, 0.15) is 18.0 Å². The summed E-state index contributed by atoms with van der Waals surface area (Å²) in [4.78, 5) is 27.1. The number of nitrogens with zero attached hydrogens (tertiary/aromatic N) is 1. The summed E-state index contributed by atoms with van der Waals surface area (Å²) in [6.07, 6.45) is -1.38. The Balaban J connectivity index is 1.93. The van der Waals surface area contributed by atoms with E-state index in [1.807, 2.05) is 13.1 Å². The third-order valence-electron chi connectivity index (χ3n) is 7.35. The van der Waals surface area contributed by atoms with Crippen LogP contribution in [0.2, 0.25) is 18.1 Å². The van der Waals surface area contributed by atoms with Crippen LogP contribution in [-0.4, -0.2) is 68.7 Å². The van der Waals surface area contributed by atoms with E-state index in [0.717, 1.165) is 0 Å². The number of aromatic nitrogens is 2. The zero-order valence-corrected chi connectivity index (χ0v) is 21.9.